The SMILES string of the molecule is Cc1cccc(NC(=O)C2C(=O)CC(C)(O)C(C(=O)Nc3cccc(C)c3C)C2c2cccc(Cl)c2)c1C. The highest BCUT2D eigenvalue weighted by Gasteiger charge is 2.56. The lowest BCUT2D eigenvalue weighted by Gasteiger charge is -2.44. The van der Waals surface area contributed by atoms with Gasteiger partial charge in [-0.05, 0) is 86.7 Å². The summed E-state index contributed by atoms with van der Waals surface area (Å²) >= 11 is 6.31. The Labute approximate surface area is 228 Å². The van der Waals surface area contributed by atoms with Crippen molar-refractivity contribution in [3.05, 3.63) is 93.5 Å². The molecule has 1 saturated carbocycles. The zero-order valence-electron chi connectivity index (χ0n) is 22.3. The van der Waals surface area contributed by atoms with Gasteiger partial charge in [0.2, 0.25) is 11.8 Å². The molecule has 38 heavy (non-hydrogen) atoms. The molecular formula is C31H33ClN2O4. The van der Waals surface area contributed by atoms with Gasteiger partial charge in [0.25, 0.3) is 0 Å². The number of ketones is 1. The van der Waals surface area contributed by atoms with Gasteiger partial charge in [0.05, 0.1) is 11.5 Å². The molecule has 1 aliphatic rings. The normalized spacial score (nSPS) is 23.1. The molecule has 2 amide bonds. The minimum Gasteiger partial charge on any atom is -0.389 e. The fraction of sp³-hybridized carbons (Fsp3) is 0.323. The maximum atomic E-state index is 13.9. The molecule has 0 bridgehead atoms. The number of carbonyl (C=O) groups excluding carboxylic acids is 3. The summed E-state index contributed by atoms with van der Waals surface area (Å²) in [6.45, 7) is 9.17. The summed E-state index contributed by atoms with van der Waals surface area (Å²) in [4.78, 5) is 41.2. The predicted molar refractivity (Wildman–Crippen MR) is 151 cm³/mol. The molecule has 3 aromatic carbocycles. The van der Waals surface area contributed by atoms with Gasteiger partial charge in [0, 0.05) is 28.7 Å². The second-order valence-corrected chi connectivity index (χ2v) is 10.9. The van der Waals surface area contributed by atoms with Gasteiger partial charge in [0.15, 0.2) is 0 Å². The standard InChI is InChI=1S/C31H33ClN2O4/c1-17-9-6-13-23(19(17)3)33-29(36)27-25(35)16-31(5,38)28(26(27)21-11-8-12-22(32)15-21)30(37)34-24-14-7-10-18(2)20(24)4/h6-15,26-28,38H,16H2,1-5H3,(H,33,36)(H,34,37). The van der Waals surface area contributed by atoms with Crippen molar-refractivity contribution in [1.82, 2.24) is 0 Å². The Balaban J connectivity index is 1.80. The Morgan fingerprint density at radius 3 is 1.95 bits per heavy atom. The van der Waals surface area contributed by atoms with Crippen LogP contribution in [0.25, 0.3) is 0 Å². The monoisotopic (exact) mass is 532 g/mol. The summed E-state index contributed by atoms with van der Waals surface area (Å²) in [7, 11) is 0. The van der Waals surface area contributed by atoms with Crippen molar-refractivity contribution < 1.29 is 19.5 Å². The lowest BCUT2D eigenvalue weighted by atomic mass is 9.61. The van der Waals surface area contributed by atoms with E-state index in [0.717, 1.165) is 22.3 Å². The van der Waals surface area contributed by atoms with Gasteiger partial charge in [0.1, 0.15) is 11.7 Å². The first-order valence-corrected chi connectivity index (χ1v) is 13.0. The van der Waals surface area contributed by atoms with Crippen molar-refractivity contribution in [3.8, 4) is 0 Å². The summed E-state index contributed by atoms with van der Waals surface area (Å²) in [5.74, 6) is -4.67. The largest absolute Gasteiger partial charge is 0.389 e. The van der Waals surface area contributed by atoms with Crippen LogP contribution < -0.4 is 10.6 Å². The molecule has 1 fully saturated rings. The molecule has 6 nitrogen and oxygen atoms in total. The molecule has 4 rings (SSSR count). The second-order valence-electron chi connectivity index (χ2n) is 10.5. The van der Waals surface area contributed by atoms with E-state index in [1.807, 2.05) is 52.0 Å². The molecule has 0 saturated heterocycles. The van der Waals surface area contributed by atoms with Gasteiger partial charge in [-0.15, -0.1) is 0 Å². The molecule has 4 atom stereocenters. The maximum Gasteiger partial charge on any atom is 0.235 e. The van der Waals surface area contributed by atoms with Crippen molar-refractivity contribution >= 4 is 40.6 Å². The quantitative estimate of drug-likeness (QED) is 0.357. The Morgan fingerprint density at radius 2 is 1.39 bits per heavy atom. The van der Waals surface area contributed by atoms with Gasteiger partial charge in [-0.3, -0.25) is 14.4 Å². The predicted octanol–water partition coefficient (Wildman–Crippen LogP) is 5.89. The van der Waals surface area contributed by atoms with Crippen molar-refractivity contribution in [3.63, 3.8) is 0 Å². The Bertz CT molecular complexity index is 1410. The number of amides is 2. The number of hydrogen-bond donors (Lipinski definition) is 3. The second kappa shape index (κ2) is 10.7. The average Bonchev–Trinajstić information content (AvgIpc) is 2.83. The van der Waals surface area contributed by atoms with E-state index in [1.165, 1.54) is 6.92 Å². The highest BCUT2D eigenvalue weighted by Crippen LogP contribution is 2.47. The lowest BCUT2D eigenvalue weighted by molar-refractivity contribution is -0.150. The molecule has 3 N–H and O–H groups in total. The zero-order chi connectivity index (χ0) is 27.8. The third kappa shape index (κ3) is 5.38. The zero-order valence-corrected chi connectivity index (χ0v) is 23.0. The van der Waals surface area contributed by atoms with Crippen LogP contribution in [-0.2, 0) is 14.4 Å². The first-order chi connectivity index (χ1) is 17.9. The van der Waals surface area contributed by atoms with Gasteiger partial charge in [-0.2, -0.15) is 0 Å². The third-order valence-corrected chi connectivity index (χ3v) is 8.03. The highest BCUT2D eigenvalue weighted by atomic mass is 35.5. The number of anilines is 2. The molecule has 0 aliphatic heterocycles. The summed E-state index contributed by atoms with van der Waals surface area (Å²) in [6, 6.07) is 17.9. The van der Waals surface area contributed by atoms with Crippen LogP contribution in [0.3, 0.4) is 0 Å². The number of aliphatic hydroxyl groups is 1. The molecule has 0 spiro atoms. The van der Waals surface area contributed by atoms with E-state index in [-0.39, 0.29) is 6.42 Å². The van der Waals surface area contributed by atoms with E-state index in [2.05, 4.69) is 10.6 Å². The number of Topliss-reactive ketones (excluding diaryl/α,β-unsaturated/α-hetero) is 1. The van der Waals surface area contributed by atoms with Crippen LogP contribution in [0.4, 0.5) is 11.4 Å². The van der Waals surface area contributed by atoms with Gasteiger partial charge < -0.3 is 15.7 Å². The fourth-order valence-corrected chi connectivity index (χ4v) is 5.60. The summed E-state index contributed by atoms with van der Waals surface area (Å²) in [5, 5.41) is 17.8. The first kappa shape index (κ1) is 27.6. The van der Waals surface area contributed by atoms with Crippen LogP contribution in [0, 0.1) is 39.5 Å². The van der Waals surface area contributed by atoms with Gasteiger partial charge in [-0.1, -0.05) is 48.0 Å². The van der Waals surface area contributed by atoms with Crippen LogP contribution in [0.15, 0.2) is 60.7 Å². The average molecular weight is 533 g/mol. The molecule has 4 unspecified atom stereocenters. The molecule has 3 aromatic rings. The molecule has 198 valence electrons. The number of hydrogen-bond acceptors (Lipinski definition) is 4. The van der Waals surface area contributed by atoms with E-state index in [0.29, 0.717) is 22.0 Å². The van der Waals surface area contributed by atoms with E-state index in [9.17, 15) is 19.5 Å². The van der Waals surface area contributed by atoms with Crippen molar-refractivity contribution in [2.75, 3.05) is 10.6 Å². The summed E-state index contributed by atoms with van der Waals surface area (Å²) in [6.07, 6.45) is -0.333. The van der Waals surface area contributed by atoms with E-state index in [4.69, 9.17) is 11.6 Å². The smallest absolute Gasteiger partial charge is 0.235 e. The topological polar surface area (TPSA) is 95.5 Å². The molecule has 0 radical (unpaired) electrons. The minimum atomic E-state index is -1.69. The number of rotatable bonds is 5. The van der Waals surface area contributed by atoms with Gasteiger partial charge in [-0.25, -0.2) is 0 Å². The number of halogens is 1. The van der Waals surface area contributed by atoms with Crippen LogP contribution in [-0.4, -0.2) is 28.3 Å². The molecule has 0 heterocycles. The first-order valence-electron chi connectivity index (χ1n) is 12.7. The minimum absolute atomic E-state index is 0.333. The highest BCUT2D eigenvalue weighted by molar-refractivity contribution is 6.30. The van der Waals surface area contributed by atoms with E-state index < -0.39 is 41.0 Å². The summed E-state index contributed by atoms with van der Waals surface area (Å²) < 4.78 is 0. The van der Waals surface area contributed by atoms with Gasteiger partial charge >= 0.3 is 0 Å². The van der Waals surface area contributed by atoms with Crippen LogP contribution in [0.5, 0.6) is 0 Å². The maximum absolute atomic E-state index is 13.9. The molecule has 1 aliphatic carbocycles. The van der Waals surface area contributed by atoms with E-state index in [1.54, 1.807) is 36.4 Å². The van der Waals surface area contributed by atoms with Crippen LogP contribution in [0.1, 0.15) is 47.1 Å². The van der Waals surface area contributed by atoms with Crippen molar-refractivity contribution in [2.45, 2.75) is 52.6 Å². The summed E-state index contributed by atoms with van der Waals surface area (Å²) in [5.41, 5.74) is 3.85. The van der Waals surface area contributed by atoms with Crippen LogP contribution >= 0.6 is 11.6 Å². The Hall–Kier alpha value is -3.48. The fourth-order valence-electron chi connectivity index (χ4n) is 5.40. The molecule has 7 heteroatoms. The number of nitrogens with one attached hydrogen (secondary N) is 2. The Morgan fingerprint density at radius 1 is 0.868 bits per heavy atom. The molecule has 0 aromatic heterocycles. The molecular weight excluding hydrogens is 500 g/mol. The van der Waals surface area contributed by atoms with Crippen molar-refractivity contribution in [1.29, 1.82) is 0 Å². The lowest BCUT2D eigenvalue weighted by Crippen LogP contribution is -2.56. The number of carbonyl (C=O) groups is 3. The number of benzene rings is 3. The van der Waals surface area contributed by atoms with Crippen molar-refractivity contribution in [2.24, 2.45) is 11.8 Å². The third-order valence-electron chi connectivity index (χ3n) is 7.79. The Kier molecular flexibility index (Phi) is 7.77. The van der Waals surface area contributed by atoms with Crippen LogP contribution in [0.2, 0.25) is 5.02 Å². The van der Waals surface area contributed by atoms with E-state index >= 15 is 0 Å². The number of aryl methyl sites for hydroxylation is 2.